The fourth-order valence-electron chi connectivity index (χ4n) is 1.48. The molecule has 0 amide bonds. The van der Waals surface area contributed by atoms with Gasteiger partial charge in [0.2, 0.25) is 0 Å². The van der Waals surface area contributed by atoms with Gasteiger partial charge in [0.1, 0.15) is 0 Å². The third kappa shape index (κ3) is 5.36. The Morgan fingerprint density at radius 1 is 0.700 bits per heavy atom. The number of halogens is 3. The molecule has 0 N–H and O–H groups in total. The van der Waals surface area contributed by atoms with Gasteiger partial charge in [0.15, 0.2) is 0 Å². The van der Waals surface area contributed by atoms with Crippen LogP contribution in [0.2, 0.25) is 15.1 Å². The maximum absolute atomic E-state index is 6.13. The Labute approximate surface area is 137 Å². The van der Waals surface area contributed by atoms with Crippen LogP contribution in [0.25, 0.3) is 11.1 Å². The lowest BCUT2D eigenvalue weighted by Crippen LogP contribution is -1.82. The minimum Gasteiger partial charge on any atom is -0.0843 e. The molecule has 0 spiro atoms. The molecular weight excluding hydrogens is 311 g/mol. The second kappa shape index (κ2) is 10.1. The molecule has 0 saturated heterocycles. The second-order valence-electron chi connectivity index (χ2n) is 3.59. The molecule has 0 aliphatic carbocycles. The normalized spacial score (nSPS) is 9.00. The number of aryl methyl sites for hydroxylation is 1. The first-order valence-electron chi connectivity index (χ1n) is 6.79. The molecule has 0 aromatic heterocycles. The number of benzene rings is 2. The van der Waals surface area contributed by atoms with Gasteiger partial charge in [-0.2, -0.15) is 0 Å². The highest BCUT2D eigenvalue weighted by Crippen LogP contribution is 2.32. The van der Waals surface area contributed by atoms with E-state index in [0.29, 0.717) is 10.0 Å². The summed E-state index contributed by atoms with van der Waals surface area (Å²) < 4.78 is 0. The predicted octanol–water partition coefficient (Wildman–Crippen LogP) is 7.67. The highest BCUT2D eigenvalue weighted by Gasteiger charge is 2.05. The van der Waals surface area contributed by atoms with Crippen molar-refractivity contribution in [3.05, 3.63) is 57.0 Å². The summed E-state index contributed by atoms with van der Waals surface area (Å²) in [6, 6.07) is 11.3. The van der Waals surface area contributed by atoms with E-state index < -0.39 is 0 Å². The summed E-state index contributed by atoms with van der Waals surface area (Å²) in [6.45, 7) is 9.97. The van der Waals surface area contributed by atoms with Crippen molar-refractivity contribution < 1.29 is 0 Å². The van der Waals surface area contributed by atoms with Crippen LogP contribution in [-0.4, -0.2) is 0 Å². The molecule has 0 fully saturated rings. The number of hydrogen-bond acceptors (Lipinski definition) is 0. The Bertz CT molecular complexity index is 534. The van der Waals surface area contributed by atoms with Crippen LogP contribution in [0.5, 0.6) is 0 Å². The first-order chi connectivity index (χ1) is 9.58. The summed E-state index contributed by atoms with van der Waals surface area (Å²) in [5.74, 6) is 0. The van der Waals surface area contributed by atoms with Crippen LogP contribution in [0.3, 0.4) is 0 Å². The highest BCUT2D eigenvalue weighted by molar-refractivity contribution is 6.36. The van der Waals surface area contributed by atoms with Crippen molar-refractivity contribution in [1.82, 2.24) is 0 Å². The van der Waals surface area contributed by atoms with Crippen molar-refractivity contribution in [2.45, 2.75) is 34.6 Å². The van der Waals surface area contributed by atoms with Gasteiger partial charge in [-0.15, -0.1) is 0 Å². The third-order valence-electron chi connectivity index (χ3n) is 2.41. The Balaban J connectivity index is 0.000000829. The van der Waals surface area contributed by atoms with Gasteiger partial charge in [0.05, 0.1) is 0 Å². The van der Waals surface area contributed by atoms with Crippen molar-refractivity contribution in [2.24, 2.45) is 0 Å². The maximum atomic E-state index is 6.13. The zero-order valence-corrected chi connectivity index (χ0v) is 14.9. The van der Waals surface area contributed by atoms with Crippen molar-refractivity contribution in [3.8, 4) is 11.1 Å². The van der Waals surface area contributed by atoms with Gasteiger partial charge < -0.3 is 0 Å². The molecule has 0 nitrogen and oxygen atoms in total. The predicted molar refractivity (Wildman–Crippen MR) is 94.3 cm³/mol. The van der Waals surface area contributed by atoms with Crippen molar-refractivity contribution in [1.29, 1.82) is 0 Å². The summed E-state index contributed by atoms with van der Waals surface area (Å²) in [5.41, 5.74) is 2.99. The molecule has 2 rings (SSSR count). The molecule has 20 heavy (non-hydrogen) atoms. The van der Waals surface area contributed by atoms with Crippen molar-refractivity contribution in [2.75, 3.05) is 0 Å². The lowest BCUT2D eigenvalue weighted by atomic mass is 10.0. The topological polar surface area (TPSA) is 0 Å². The molecule has 0 aliphatic rings. The molecule has 2 aromatic carbocycles. The number of hydrogen-bond donors (Lipinski definition) is 0. The summed E-state index contributed by atoms with van der Waals surface area (Å²) in [7, 11) is 0. The zero-order chi connectivity index (χ0) is 15.7. The van der Waals surface area contributed by atoms with Gasteiger partial charge in [0.25, 0.3) is 0 Å². The average Bonchev–Trinajstić information content (AvgIpc) is 2.46. The second-order valence-corrected chi connectivity index (χ2v) is 4.84. The molecule has 0 radical (unpaired) electrons. The van der Waals surface area contributed by atoms with Gasteiger partial charge in [-0.05, 0) is 36.2 Å². The van der Waals surface area contributed by atoms with E-state index in [9.17, 15) is 0 Å². The summed E-state index contributed by atoms with van der Waals surface area (Å²) in [4.78, 5) is 0. The molecule has 2 aromatic rings. The van der Waals surface area contributed by atoms with Gasteiger partial charge >= 0.3 is 0 Å². The molecule has 110 valence electrons. The molecule has 0 aliphatic heterocycles. The van der Waals surface area contributed by atoms with Crippen LogP contribution in [0.1, 0.15) is 33.3 Å². The van der Waals surface area contributed by atoms with Gasteiger partial charge in [-0.3, -0.25) is 0 Å². The number of rotatable bonds is 1. The van der Waals surface area contributed by atoms with Crippen molar-refractivity contribution >= 4 is 34.8 Å². The van der Waals surface area contributed by atoms with Crippen LogP contribution >= 0.6 is 34.8 Å². The molecular formula is C17H21Cl3. The van der Waals surface area contributed by atoms with E-state index in [0.717, 1.165) is 21.7 Å². The van der Waals surface area contributed by atoms with E-state index in [4.69, 9.17) is 34.8 Å². The van der Waals surface area contributed by atoms with Crippen LogP contribution in [-0.2, 0) is 0 Å². The van der Waals surface area contributed by atoms with Gasteiger partial charge in [-0.25, -0.2) is 0 Å². The third-order valence-corrected chi connectivity index (χ3v) is 3.37. The lowest BCUT2D eigenvalue weighted by Gasteiger charge is -2.06. The van der Waals surface area contributed by atoms with E-state index in [1.54, 1.807) is 6.07 Å². The van der Waals surface area contributed by atoms with Gasteiger partial charge in [-0.1, -0.05) is 80.7 Å². The molecule has 0 atom stereocenters. The fourth-order valence-corrected chi connectivity index (χ4v) is 2.18. The van der Waals surface area contributed by atoms with Crippen LogP contribution in [0, 0.1) is 6.92 Å². The largest absolute Gasteiger partial charge is 0.0843 e. The standard InChI is InChI=1S/C13H9Cl3.2C2H6/c1-8-2-3-9(6-12(8)15)11-5-4-10(14)7-13(11)16;2*1-2/h2-7H,1H3;2*1-2H3. The highest BCUT2D eigenvalue weighted by atomic mass is 35.5. The Morgan fingerprint density at radius 2 is 1.30 bits per heavy atom. The zero-order valence-electron chi connectivity index (χ0n) is 12.6. The molecule has 0 heterocycles. The summed E-state index contributed by atoms with van der Waals surface area (Å²) in [6.07, 6.45) is 0. The maximum Gasteiger partial charge on any atom is 0.0499 e. The SMILES string of the molecule is CC.CC.Cc1ccc(-c2ccc(Cl)cc2Cl)cc1Cl. The van der Waals surface area contributed by atoms with Gasteiger partial charge in [0, 0.05) is 20.6 Å². The monoisotopic (exact) mass is 330 g/mol. The Morgan fingerprint density at radius 3 is 1.80 bits per heavy atom. The molecule has 0 unspecified atom stereocenters. The Kier molecular flexibility index (Phi) is 9.75. The average molecular weight is 332 g/mol. The Hall–Kier alpha value is -0.690. The van der Waals surface area contributed by atoms with E-state index >= 15 is 0 Å². The molecule has 0 bridgehead atoms. The van der Waals surface area contributed by atoms with E-state index in [-0.39, 0.29) is 0 Å². The van der Waals surface area contributed by atoms with Crippen LogP contribution in [0.15, 0.2) is 36.4 Å². The minimum absolute atomic E-state index is 0.631. The smallest absolute Gasteiger partial charge is 0.0499 e. The van der Waals surface area contributed by atoms with E-state index in [1.807, 2.05) is 65.0 Å². The van der Waals surface area contributed by atoms with E-state index in [2.05, 4.69) is 0 Å². The first-order valence-corrected chi connectivity index (χ1v) is 7.93. The fraction of sp³-hybridized carbons (Fsp3) is 0.294. The summed E-state index contributed by atoms with van der Waals surface area (Å²) in [5, 5.41) is 2.00. The summed E-state index contributed by atoms with van der Waals surface area (Å²) >= 11 is 18.1. The van der Waals surface area contributed by atoms with Crippen molar-refractivity contribution in [3.63, 3.8) is 0 Å². The first kappa shape index (κ1) is 19.3. The van der Waals surface area contributed by atoms with Crippen LogP contribution in [0.4, 0.5) is 0 Å². The lowest BCUT2D eigenvalue weighted by molar-refractivity contribution is 1.47. The minimum atomic E-state index is 0.631. The quantitative estimate of drug-likeness (QED) is 0.502. The van der Waals surface area contributed by atoms with Crippen LogP contribution < -0.4 is 0 Å². The molecule has 3 heteroatoms. The van der Waals surface area contributed by atoms with E-state index in [1.165, 1.54) is 0 Å². The molecule has 0 saturated carbocycles.